The fourth-order valence-electron chi connectivity index (χ4n) is 3.96. The van der Waals surface area contributed by atoms with E-state index < -0.39 is 0 Å². The number of rotatable bonds is 6. The molecule has 2 amide bonds. The van der Waals surface area contributed by atoms with Gasteiger partial charge in [0.2, 0.25) is 11.8 Å². The Morgan fingerprint density at radius 2 is 1.92 bits per heavy atom. The summed E-state index contributed by atoms with van der Waals surface area (Å²) in [6.45, 7) is 5.97. The first-order valence-corrected chi connectivity index (χ1v) is 9.77. The molecule has 0 radical (unpaired) electrons. The van der Waals surface area contributed by atoms with E-state index in [2.05, 4.69) is 0 Å². The van der Waals surface area contributed by atoms with Gasteiger partial charge in [-0.2, -0.15) is 0 Å². The summed E-state index contributed by atoms with van der Waals surface area (Å²) < 4.78 is 5.27. The number of halogens is 1. The van der Waals surface area contributed by atoms with Crippen molar-refractivity contribution in [2.24, 2.45) is 5.41 Å². The minimum atomic E-state index is 0.0280. The van der Waals surface area contributed by atoms with E-state index in [1.165, 1.54) is 0 Å². The Bertz CT molecular complexity index is 639. The van der Waals surface area contributed by atoms with Crippen molar-refractivity contribution in [2.75, 3.05) is 32.8 Å². The zero-order valence-corrected chi connectivity index (χ0v) is 16.1. The normalized spacial score (nSPS) is 19.4. The first-order valence-electron chi connectivity index (χ1n) is 9.39. The van der Waals surface area contributed by atoms with Crippen molar-refractivity contribution in [3.05, 3.63) is 34.9 Å². The van der Waals surface area contributed by atoms with Gasteiger partial charge in [0.05, 0.1) is 13.0 Å². The lowest BCUT2D eigenvalue weighted by atomic mass is 9.77. The van der Waals surface area contributed by atoms with Crippen LogP contribution in [0.5, 0.6) is 0 Å². The van der Waals surface area contributed by atoms with Gasteiger partial charge in [-0.25, -0.2) is 0 Å². The summed E-state index contributed by atoms with van der Waals surface area (Å²) in [6.07, 6.45) is 2.84. The monoisotopic (exact) mass is 378 g/mol. The van der Waals surface area contributed by atoms with Crippen molar-refractivity contribution in [1.29, 1.82) is 0 Å². The van der Waals surface area contributed by atoms with Crippen LogP contribution >= 0.6 is 11.6 Å². The molecule has 0 atom stereocenters. The van der Waals surface area contributed by atoms with E-state index in [-0.39, 0.29) is 17.2 Å². The maximum absolute atomic E-state index is 12.5. The number of benzene rings is 1. The predicted octanol–water partition coefficient (Wildman–Crippen LogP) is 3.11. The molecule has 2 aliphatic heterocycles. The maximum Gasteiger partial charge on any atom is 0.224 e. The molecule has 0 saturated carbocycles. The first-order chi connectivity index (χ1) is 12.5. The van der Waals surface area contributed by atoms with E-state index in [1.807, 2.05) is 41.0 Å². The van der Waals surface area contributed by atoms with Crippen LogP contribution < -0.4 is 0 Å². The summed E-state index contributed by atoms with van der Waals surface area (Å²) in [6, 6.07) is 7.67. The summed E-state index contributed by atoms with van der Waals surface area (Å²) >= 11 is 5.93. The highest BCUT2D eigenvalue weighted by molar-refractivity contribution is 6.30. The molecule has 0 aromatic heterocycles. The molecule has 1 aromatic carbocycles. The Hall–Kier alpha value is -1.59. The second kappa shape index (κ2) is 8.40. The molecule has 2 aliphatic rings. The highest BCUT2D eigenvalue weighted by Crippen LogP contribution is 2.41. The SMILES string of the molecule is CCOCCC(=O)N1CCC2(CC1)CC(=O)N(Cc1ccc(Cl)cc1)C2. The third kappa shape index (κ3) is 4.57. The molecule has 2 fully saturated rings. The van der Waals surface area contributed by atoms with Crippen molar-refractivity contribution >= 4 is 23.4 Å². The molecule has 0 unspecified atom stereocenters. The second-order valence-corrected chi connectivity index (χ2v) is 7.82. The molecule has 1 aromatic rings. The van der Waals surface area contributed by atoms with Gasteiger partial charge in [-0.15, -0.1) is 0 Å². The molecule has 26 heavy (non-hydrogen) atoms. The second-order valence-electron chi connectivity index (χ2n) is 7.38. The van der Waals surface area contributed by atoms with Crippen LogP contribution in [0.1, 0.15) is 38.2 Å². The van der Waals surface area contributed by atoms with Crippen molar-refractivity contribution in [3.8, 4) is 0 Å². The lowest BCUT2D eigenvalue weighted by molar-refractivity contribution is -0.134. The topological polar surface area (TPSA) is 49.9 Å². The molecule has 0 aliphatic carbocycles. The summed E-state index contributed by atoms with van der Waals surface area (Å²) in [4.78, 5) is 28.6. The van der Waals surface area contributed by atoms with E-state index in [9.17, 15) is 9.59 Å². The number of hydrogen-bond donors (Lipinski definition) is 0. The number of carbonyl (C=O) groups is 2. The van der Waals surface area contributed by atoms with Gasteiger partial charge in [0.1, 0.15) is 0 Å². The van der Waals surface area contributed by atoms with Crippen LogP contribution in [-0.4, -0.2) is 54.5 Å². The van der Waals surface area contributed by atoms with Crippen molar-refractivity contribution in [1.82, 2.24) is 9.80 Å². The number of likely N-dealkylation sites (tertiary alicyclic amines) is 2. The van der Waals surface area contributed by atoms with Gasteiger partial charge in [0.15, 0.2) is 0 Å². The first kappa shape index (κ1) is 19.2. The van der Waals surface area contributed by atoms with Crippen LogP contribution in [0.2, 0.25) is 5.02 Å². The number of nitrogens with zero attached hydrogens (tertiary/aromatic N) is 2. The summed E-state index contributed by atoms with van der Waals surface area (Å²) in [5.41, 5.74) is 1.13. The van der Waals surface area contributed by atoms with E-state index >= 15 is 0 Å². The van der Waals surface area contributed by atoms with Gasteiger partial charge < -0.3 is 14.5 Å². The molecule has 3 rings (SSSR count). The summed E-state index contributed by atoms with van der Waals surface area (Å²) in [5.74, 6) is 0.381. The van der Waals surface area contributed by atoms with Gasteiger partial charge in [-0.1, -0.05) is 23.7 Å². The molecule has 0 N–H and O–H groups in total. The van der Waals surface area contributed by atoms with Gasteiger partial charge in [-0.05, 0) is 37.5 Å². The van der Waals surface area contributed by atoms with Crippen LogP contribution in [0.15, 0.2) is 24.3 Å². The van der Waals surface area contributed by atoms with E-state index in [4.69, 9.17) is 16.3 Å². The Labute approximate surface area is 160 Å². The zero-order valence-electron chi connectivity index (χ0n) is 15.4. The molecular weight excluding hydrogens is 352 g/mol. The van der Waals surface area contributed by atoms with Gasteiger partial charge >= 0.3 is 0 Å². The molecule has 2 saturated heterocycles. The largest absolute Gasteiger partial charge is 0.381 e. The minimum absolute atomic E-state index is 0.0280. The lowest BCUT2D eigenvalue weighted by Crippen LogP contribution is -2.44. The van der Waals surface area contributed by atoms with Crippen molar-refractivity contribution in [3.63, 3.8) is 0 Å². The van der Waals surface area contributed by atoms with Crippen LogP contribution in [0.4, 0.5) is 0 Å². The van der Waals surface area contributed by atoms with E-state index in [1.54, 1.807) is 0 Å². The lowest BCUT2D eigenvalue weighted by Gasteiger charge is -2.38. The van der Waals surface area contributed by atoms with Crippen LogP contribution in [0, 0.1) is 5.41 Å². The smallest absolute Gasteiger partial charge is 0.224 e. The van der Waals surface area contributed by atoms with Gasteiger partial charge in [-0.3, -0.25) is 9.59 Å². The summed E-state index contributed by atoms with van der Waals surface area (Å²) in [7, 11) is 0. The molecule has 1 spiro atoms. The highest BCUT2D eigenvalue weighted by Gasteiger charge is 2.45. The number of piperidine rings is 1. The molecule has 6 heteroatoms. The number of ether oxygens (including phenoxy) is 1. The quantitative estimate of drug-likeness (QED) is 0.715. The Balaban J connectivity index is 1.52. The average Bonchev–Trinajstić information content (AvgIpc) is 2.92. The zero-order chi connectivity index (χ0) is 18.6. The molecule has 142 valence electrons. The molecule has 2 heterocycles. The third-order valence-electron chi connectivity index (χ3n) is 5.53. The Morgan fingerprint density at radius 1 is 1.23 bits per heavy atom. The van der Waals surface area contributed by atoms with Crippen LogP contribution in [0.25, 0.3) is 0 Å². The summed E-state index contributed by atoms with van der Waals surface area (Å²) in [5, 5.41) is 0.708. The van der Waals surface area contributed by atoms with Crippen molar-refractivity contribution < 1.29 is 14.3 Å². The Kier molecular flexibility index (Phi) is 6.20. The third-order valence-corrected chi connectivity index (χ3v) is 5.79. The highest BCUT2D eigenvalue weighted by atomic mass is 35.5. The Morgan fingerprint density at radius 3 is 2.58 bits per heavy atom. The fraction of sp³-hybridized carbons (Fsp3) is 0.600. The number of carbonyl (C=O) groups excluding carboxylic acids is 2. The number of hydrogen-bond acceptors (Lipinski definition) is 3. The molecule has 0 bridgehead atoms. The van der Waals surface area contributed by atoms with Gasteiger partial charge in [0, 0.05) is 49.6 Å². The molecular formula is C20H27ClN2O3. The minimum Gasteiger partial charge on any atom is -0.381 e. The van der Waals surface area contributed by atoms with Crippen LogP contribution in [-0.2, 0) is 20.9 Å². The molecule has 5 nitrogen and oxygen atoms in total. The maximum atomic E-state index is 12.5. The van der Waals surface area contributed by atoms with Crippen molar-refractivity contribution in [2.45, 2.75) is 39.2 Å². The van der Waals surface area contributed by atoms with Crippen LogP contribution in [0.3, 0.4) is 0 Å². The predicted molar refractivity (Wildman–Crippen MR) is 101 cm³/mol. The standard InChI is InChI=1S/C20H27ClN2O3/c1-2-26-12-7-18(24)22-10-8-20(9-11-22)13-19(25)23(15-20)14-16-3-5-17(21)6-4-16/h3-6H,2,7-15H2,1H3. The van der Waals surface area contributed by atoms with E-state index in [0.29, 0.717) is 37.6 Å². The van der Waals surface area contributed by atoms with E-state index in [0.717, 1.165) is 38.0 Å². The van der Waals surface area contributed by atoms with Gasteiger partial charge in [0.25, 0.3) is 0 Å². The number of amides is 2. The fourth-order valence-corrected chi connectivity index (χ4v) is 4.09. The average molecular weight is 379 g/mol.